The van der Waals surface area contributed by atoms with Crippen molar-refractivity contribution in [3.8, 4) is 0 Å². The van der Waals surface area contributed by atoms with Crippen LogP contribution in [0.3, 0.4) is 0 Å². The van der Waals surface area contributed by atoms with Gasteiger partial charge in [0, 0.05) is 36.7 Å². The second-order valence-electron chi connectivity index (χ2n) is 6.35. The Labute approximate surface area is 168 Å². The topological polar surface area (TPSA) is 57.7 Å². The van der Waals surface area contributed by atoms with Crippen molar-refractivity contribution in [3.05, 3.63) is 76.3 Å². The van der Waals surface area contributed by atoms with Gasteiger partial charge in [-0.05, 0) is 29.3 Å². The fourth-order valence-electron chi connectivity index (χ4n) is 2.95. The zero-order valence-electron chi connectivity index (χ0n) is 14.8. The highest BCUT2D eigenvalue weighted by Gasteiger charge is 2.28. The maximum Gasteiger partial charge on any atom is 0.246 e. The van der Waals surface area contributed by atoms with Crippen molar-refractivity contribution in [1.82, 2.24) is 9.21 Å². The van der Waals surface area contributed by atoms with E-state index in [1.54, 1.807) is 11.0 Å². The monoisotopic (exact) mass is 448 g/mol. The van der Waals surface area contributed by atoms with Crippen LogP contribution in [-0.2, 0) is 20.6 Å². The summed E-state index contributed by atoms with van der Waals surface area (Å²) in [6.45, 7) is 1.45. The predicted molar refractivity (Wildman–Crippen MR) is 110 cm³/mol. The van der Waals surface area contributed by atoms with Gasteiger partial charge >= 0.3 is 0 Å². The van der Waals surface area contributed by atoms with Crippen LogP contribution in [0.15, 0.2) is 65.1 Å². The molecule has 0 saturated carbocycles. The first-order chi connectivity index (χ1) is 12.9. The number of rotatable bonds is 5. The molecule has 0 N–H and O–H groups in total. The molecule has 0 atom stereocenters. The van der Waals surface area contributed by atoms with Crippen LogP contribution in [0.25, 0.3) is 6.08 Å². The molecule has 2 aromatic carbocycles. The fourth-order valence-corrected chi connectivity index (χ4v) is 4.88. The lowest BCUT2D eigenvalue weighted by Gasteiger charge is -2.33. The zero-order valence-corrected chi connectivity index (χ0v) is 17.2. The van der Waals surface area contributed by atoms with Crippen molar-refractivity contribution in [2.24, 2.45) is 0 Å². The van der Waals surface area contributed by atoms with Crippen molar-refractivity contribution in [1.29, 1.82) is 0 Å². The first-order valence-electron chi connectivity index (χ1n) is 8.68. The van der Waals surface area contributed by atoms with E-state index in [1.807, 2.05) is 54.6 Å². The van der Waals surface area contributed by atoms with Crippen molar-refractivity contribution in [2.75, 3.05) is 26.2 Å². The number of carbonyl (C=O) groups excluding carboxylic acids is 1. The molecule has 3 rings (SSSR count). The van der Waals surface area contributed by atoms with Crippen molar-refractivity contribution < 1.29 is 13.2 Å². The van der Waals surface area contributed by atoms with Gasteiger partial charge in [-0.1, -0.05) is 58.4 Å². The summed E-state index contributed by atoms with van der Waals surface area (Å²) in [5.74, 6) is -0.111. The summed E-state index contributed by atoms with van der Waals surface area (Å²) in [6, 6.07) is 16.8. The molecule has 0 spiro atoms. The normalized spacial score (nSPS) is 16.0. The van der Waals surface area contributed by atoms with Crippen LogP contribution < -0.4 is 0 Å². The molecule has 1 heterocycles. The van der Waals surface area contributed by atoms with E-state index < -0.39 is 10.0 Å². The van der Waals surface area contributed by atoms with Crippen LogP contribution in [0.5, 0.6) is 0 Å². The summed E-state index contributed by atoms with van der Waals surface area (Å²) < 4.78 is 27.6. The number of amides is 1. The molecule has 0 radical (unpaired) electrons. The molecule has 142 valence electrons. The lowest BCUT2D eigenvalue weighted by Crippen LogP contribution is -2.50. The Morgan fingerprint density at radius 1 is 1.00 bits per heavy atom. The quantitative estimate of drug-likeness (QED) is 0.660. The number of benzene rings is 2. The van der Waals surface area contributed by atoms with E-state index in [9.17, 15) is 13.2 Å². The van der Waals surface area contributed by atoms with E-state index in [4.69, 9.17) is 0 Å². The van der Waals surface area contributed by atoms with Gasteiger partial charge in [-0.15, -0.1) is 0 Å². The summed E-state index contributed by atoms with van der Waals surface area (Å²) >= 11 is 3.40. The molecule has 5 nitrogen and oxygen atoms in total. The number of hydrogen-bond acceptors (Lipinski definition) is 3. The van der Waals surface area contributed by atoms with Gasteiger partial charge in [0.1, 0.15) is 0 Å². The van der Waals surface area contributed by atoms with E-state index in [1.165, 1.54) is 10.4 Å². The third-order valence-corrected chi connectivity index (χ3v) is 6.75. The van der Waals surface area contributed by atoms with Gasteiger partial charge in [0.15, 0.2) is 0 Å². The van der Waals surface area contributed by atoms with Gasteiger partial charge in [0.2, 0.25) is 15.9 Å². The maximum atomic E-state index is 12.6. The standard InChI is InChI=1S/C20H21BrN2O3S/c21-19-8-4-7-17(15-19)9-10-20(24)22-11-13-23(14-12-22)27(25,26)16-18-5-2-1-3-6-18/h1-10,15H,11-14,16H2. The van der Waals surface area contributed by atoms with E-state index in [2.05, 4.69) is 15.9 Å². The van der Waals surface area contributed by atoms with Gasteiger partial charge in [-0.25, -0.2) is 8.42 Å². The minimum Gasteiger partial charge on any atom is -0.337 e. The van der Waals surface area contributed by atoms with Crippen molar-refractivity contribution >= 4 is 37.9 Å². The van der Waals surface area contributed by atoms with E-state index in [-0.39, 0.29) is 11.7 Å². The fraction of sp³-hybridized carbons (Fsp3) is 0.250. The number of hydrogen-bond donors (Lipinski definition) is 0. The molecule has 0 unspecified atom stereocenters. The molecule has 0 aromatic heterocycles. The van der Waals surface area contributed by atoms with Gasteiger partial charge in [0.05, 0.1) is 5.75 Å². The SMILES string of the molecule is O=C(C=Cc1cccc(Br)c1)N1CCN(S(=O)(=O)Cc2ccccc2)CC1. The molecule has 7 heteroatoms. The summed E-state index contributed by atoms with van der Waals surface area (Å²) in [4.78, 5) is 14.0. The van der Waals surface area contributed by atoms with Crippen LogP contribution in [0.2, 0.25) is 0 Å². The molecule has 2 aromatic rings. The summed E-state index contributed by atoms with van der Waals surface area (Å²) in [5, 5.41) is 0. The number of carbonyl (C=O) groups is 1. The van der Waals surface area contributed by atoms with Gasteiger partial charge in [-0.2, -0.15) is 4.31 Å². The van der Waals surface area contributed by atoms with Gasteiger partial charge in [-0.3, -0.25) is 4.79 Å². The molecule has 1 aliphatic rings. The average molecular weight is 449 g/mol. The molecular formula is C20H21BrN2O3S. The number of piperazine rings is 1. The predicted octanol–water partition coefficient (Wildman–Crippen LogP) is 3.14. The van der Waals surface area contributed by atoms with Crippen LogP contribution >= 0.6 is 15.9 Å². The second-order valence-corrected chi connectivity index (χ2v) is 9.24. The summed E-state index contributed by atoms with van der Waals surface area (Å²) in [5.41, 5.74) is 1.70. The Morgan fingerprint density at radius 2 is 1.70 bits per heavy atom. The Hall–Kier alpha value is -1.96. The summed E-state index contributed by atoms with van der Waals surface area (Å²) in [6.07, 6.45) is 3.31. The average Bonchev–Trinajstić information content (AvgIpc) is 2.67. The lowest BCUT2D eigenvalue weighted by molar-refractivity contribution is -0.127. The van der Waals surface area contributed by atoms with E-state index in [0.29, 0.717) is 26.2 Å². The minimum atomic E-state index is -3.37. The van der Waals surface area contributed by atoms with Gasteiger partial charge < -0.3 is 4.90 Å². The Kier molecular flexibility index (Phi) is 6.46. The van der Waals surface area contributed by atoms with E-state index >= 15 is 0 Å². The number of sulfonamides is 1. The summed E-state index contributed by atoms with van der Waals surface area (Å²) in [7, 11) is -3.37. The highest BCUT2D eigenvalue weighted by atomic mass is 79.9. The number of nitrogens with zero attached hydrogens (tertiary/aromatic N) is 2. The maximum absolute atomic E-state index is 12.6. The third-order valence-electron chi connectivity index (χ3n) is 4.40. The molecule has 27 heavy (non-hydrogen) atoms. The first kappa shape index (κ1) is 19.8. The first-order valence-corrected chi connectivity index (χ1v) is 11.1. The molecule has 0 aliphatic carbocycles. The number of halogens is 1. The molecule has 1 aliphatic heterocycles. The highest BCUT2D eigenvalue weighted by molar-refractivity contribution is 9.10. The van der Waals surface area contributed by atoms with Crippen LogP contribution in [0.1, 0.15) is 11.1 Å². The van der Waals surface area contributed by atoms with Crippen molar-refractivity contribution in [2.45, 2.75) is 5.75 Å². The second kappa shape index (κ2) is 8.82. The smallest absolute Gasteiger partial charge is 0.246 e. The molecule has 1 saturated heterocycles. The molecular weight excluding hydrogens is 428 g/mol. The third kappa shape index (κ3) is 5.51. The highest BCUT2D eigenvalue weighted by Crippen LogP contribution is 2.15. The van der Waals surface area contributed by atoms with Crippen molar-refractivity contribution in [3.63, 3.8) is 0 Å². The Balaban J connectivity index is 1.55. The Morgan fingerprint density at radius 3 is 2.37 bits per heavy atom. The lowest BCUT2D eigenvalue weighted by atomic mass is 10.2. The van der Waals surface area contributed by atoms with Crippen LogP contribution in [0, 0.1) is 0 Å². The Bertz CT molecular complexity index is 921. The van der Waals surface area contributed by atoms with Gasteiger partial charge in [0.25, 0.3) is 0 Å². The van der Waals surface area contributed by atoms with E-state index in [0.717, 1.165) is 15.6 Å². The molecule has 1 fully saturated rings. The zero-order chi connectivity index (χ0) is 19.3. The molecule has 0 bridgehead atoms. The van der Waals surface area contributed by atoms with Crippen LogP contribution in [-0.4, -0.2) is 49.7 Å². The largest absolute Gasteiger partial charge is 0.337 e. The minimum absolute atomic E-state index is 0.00935. The molecule has 1 amide bonds. The van der Waals surface area contributed by atoms with Crippen LogP contribution in [0.4, 0.5) is 0 Å².